The molecule has 1 heterocycles. The number of benzene rings is 1. The Morgan fingerprint density at radius 1 is 1.31 bits per heavy atom. The largest absolute Gasteiger partial charge is 0.335 e. The van der Waals surface area contributed by atoms with Gasteiger partial charge in [-0.05, 0) is 13.3 Å². The van der Waals surface area contributed by atoms with Gasteiger partial charge in [0.2, 0.25) is 5.91 Å². The van der Waals surface area contributed by atoms with E-state index >= 15 is 0 Å². The molecule has 1 aromatic carbocycles. The van der Waals surface area contributed by atoms with Crippen molar-refractivity contribution in [2.75, 3.05) is 13.1 Å². The lowest BCUT2D eigenvalue weighted by atomic mass is 10.1. The molecule has 0 aliphatic carbocycles. The van der Waals surface area contributed by atoms with E-state index in [1.165, 1.54) is 0 Å². The van der Waals surface area contributed by atoms with Crippen LogP contribution in [-0.2, 0) is 4.79 Å². The standard InChI is InChI=1S/C13H15NO2/c1-10-4-6-11(7-5-10)12(15)9-14-8-2-3-13(14)16/h4-7H,2-3,8-9H2,1H3. The molecule has 84 valence electrons. The molecular formula is C13H15NO2. The number of hydrogen-bond donors (Lipinski definition) is 0. The average Bonchev–Trinajstić information content (AvgIpc) is 2.65. The number of ketones is 1. The Hall–Kier alpha value is -1.64. The van der Waals surface area contributed by atoms with Crippen molar-refractivity contribution in [3.8, 4) is 0 Å². The molecule has 1 aliphatic heterocycles. The highest BCUT2D eigenvalue weighted by Crippen LogP contribution is 2.11. The smallest absolute Gasteiger partial charge is 0.223 e. The van der Waals surface area contributed by atoms with E-state index < -0.39 is 0 Å². The maximum atomic E-state index is 11.9. The summed E-state index contributed by atoms with van der Waals surface area (Å²) >= 11 is 0. The summed E-state index contributed by atoms with van der Waals surface area (Å²) in [6.45, 7) is 2.93. The van der Waals surface area contributed by atoms with Crippen LogP contribution in [0.5, 0.6) is 0 Å². The summed E-state index contributed by atoms with van der Waals surface area (Å²) in [4.78, 5) is 24.9. The minimum Gasteiger partial charge on any atom is -0.335 e. The fraction of sp³-hybridized carbons (Fsp3) is 0.385. The van der Waals surface area contributed by atoms with Crippen LogP contribution in [0.2, 0.25) is 0 Å². The van der Waals surface area contributed by atoms with Gasteiger partial charge in [0.05, 0.1) is 6.54 Å². The van der Waals surface area contributed by atoms with E-state index in [-0.39, 0.29) is 18.2 Å². The number of rotatable bonds is 3. The lowest BCUT2D eigenvalue weighted by Gasteiger charge is -2.14. The molecule has 0 spiro atoms. The van der Waals surface area contributed by atoms with Gasteiger partial charge in [-0.1, -0.05) is 29.8 Å². The zero-order valence-corrected chi connectivity index (χ0v) is 9.40. The third-order valence-electron chi connectivity index (χ3n) is 2.88. The first-order chi connectivity index (χ1) is 7.66. The highest BCUT2D eigenvalue weighted by atomic mass is 16.2. The molecule has 1 aromatic rings. The first kappa shape index (κ1) is 10.9. The van der Waals surface area contributed by atoms with Crippen LogP contribution < -0.4 is 0 Å². The molecule has 0 N–H and O–H groups in total. The molecule has 0 radical (unpaired) electrons. The Bertz CT molecular complexity index is 408. The molecule has 0 saturated carbocycles. The fourth-order valence-corrected chi connectivity index (χ4v) is 1.88. The van der Waals surface area contributed by atoms with E-state index in [0.29, 0.717) is 12.0 Å². The van der Waals surface area contributed by atoms with Crippen LogP contribution in [0, 0.1) is 6.92 Å². The van der Waals surface area contributed by atoms with Gasteiger partial charge in [0.25, 0.3) is 0 Å². The number of amides is 1. The van der Waals surface area contributed by atoms with Crippen LogP contribution in [0.1, 0.15) is 28.8 Å². The van der Waals surface area contributed by atoms with Crippen molar-refractivity contribution in [1.29, 1.82) is 0 Å². The summed E-state index contributed by atoms with van der Waals surface area (Å²) in [5, 5.41) is 0. The Morgan fingerprint density at radius 2 is 2.00 bits per heavy atom. The van der Waals surface area contributed by atoms with Crippen LogP contribution in [-0.4, -0.2) is 29.7 Å². The highest BCUT2D eigenvalue weighted by Gasteiger charge is 2.22. The topological polar surface area (TPSA) is 37.4 Å². The average molecular weight is 217 g/mol. The maximum absolute atomic E-state index is 11.9. The Balaban J connectivity index is 2.02. The van der Waals surface area contributed by atoms with E-state index in [1.54, 1.807) is 4.90 Å². The Labute approximate surface area is 95.1 Å². The summed E-state index contributed by atoms with van der Waals surface area (Å²) in [5.41, 5.74) is 1.82. The van der Waals surface area contributed by atoms with E-state index in [2.05, 4.69) is 0 Å². The summed E-state index contributed by atoms with van der Waals surface area (Å²) < 4.78 is 0. The number of carbonyl (C=O) groups is 2. The zero-order valence-electron chi connectivity index (χ0n) is 9.40. The second kappa shape index (κ2) is 4.47. The van der Waals surface area contributed by atoms with Crippen molar-refractivity contribution in [2.45, 2.75) is 19.8 Å². The van der Waals surface area contributed by atoms with E-state index in [1.807, 2.05) is 31.2 Å². The van der Waals surface area contributed by atoms with Gasteiger partial charge in [-0.25, -0.2) is 0 Å². The third kappa shape index (κ3) is 2.30. The molecule has 0 aromatic heterocycles. The Morgan fingerprint density at radius 3 is 2.56 bits per heavy atom. The zero-order chi connectivity index (χ0) is 11.5. The number of carbonyl (C=O) groups excluding carboxylic acids is 2. The predicted molar refractivity (Wildman–Crippen MR) is 61.3 cm³/mol. The lowest BCUT2D eigenvalue weighted by Crippen LogP contribution is -2.30. The lowest BCUT2D eigenvalue weighted by molar-refractivity contribution is -0.127. The van der Waals surface area contributed by atoms with Crippen molar-refractivity contribution in [2.24, 2.45) is 0 Å². The summed E-state index contributed by atoms with van der Waals surface area (Å²) in [6.07, 6.45) is 1.46. The molecule has 2 rings (SSSR count). The summed E-state index contributed by atoms with van der Waals surface area (Å²) in [6, 6.07) is 7.47. The van der Waals surface area contributed by atoms with Gasteiger partial charge in [0.15, 0.2) is 5.78 Å². The van der Waals surface area contributed by atoms with Crippen molar-refractivity contribution >= 4 is 11.7 Å². The molecule has 1 aliphatic rings. The van der Waals surface area contributed by atoms with Gasteiger partial charge in [0.1, 0.15) is 0 Å². The molecule has 1 saturated heterocycles. The monoisotopic (exact) mass is 217 g/mol. The Kier molecular flexibility index (Phi) is 3.04. The van der Waals surface area contributed by atoms with Gasteiger partial charge in [-0.3, -0.25) is 9.59 Å². The van der Waals surface area contributed by atoms with E-state index in [9.17, 15) is 9.59 Å². The third-order valence-corrected chi connectivity index (χ3v) is 2.88. The molecule has 0 atom stereocenters. The van der Waals surface area contributed by atoms with Gasteiger partial charge in [0, 0.05) is 18.5 Å². The number of nitrogens with zero attached hydrogens (tertiary/aromatic N) is 1. The molecule has 3 nitrogen and oxygen atoms in total. The van der Waals surface area contributed by atoms with Gasteiger partial charge in [-0.15, -0.1) is 0 Å². The van der Waals surface area contributed by atoms with Crippen LogP contribution >= 0.6 is 0 Å². The molecule has 16 heavy (non-hydrogen) atoms. The van der Waals surface area contributed by atoms with E-state index in [4.69, 9.17) is 0 Å². The minimum atomic E-state index is 0.0234. The normalized spacial score (nSPS) is 15.6. The summed E-state index contributed by atoms with van der Waals surface area (Å²) in [5.74, 6) is 0.121. The second-order valence-corrected chi connectivity index (χ2v) is 4.21. The molecule has 0 bridgehead atoms. The number of hydrogen-bond acceptors (Lipinski definition) is 2. The van der Waals surface area contributed by atoms with Crippen LogP contribution in [0.4, 0.5) is 0 Å². The molecular weight excluding hydrogens is 202 g/mol. The van der Waals surface area contributed by atoms with Crippen molar-refractivity contribution in [1.82, 2.24) is 4.90 Å². The van der Waals surface area contributed by atoms with Gasteiger partial charge < -0.3 is 4.90 Å². The predicted octanol–water partition coefficient (Wildman–Crippen LogP) is 1.80. The first-order valence-electron chi connectivity index (χ1n) is 5.54. The van der Waals surface area contributed by atoms with Crippen LogP contribution in [0.15, 0.2) is 24.3 Å². The summed E-state index contributed by atoms with van der Waals surface area (Å²) in [7, 11) is 0. The quantitative estimate of drug-likeness (QED) is 0.724. The maximum Gasteiger partial charge on any atom is 0.223 e. The highest BCUT2D eigenvalue weighted by molar-refractivity contribution is 5.99. The van der Waals surface area contributed by atoms with Crippen LogP contribution in [0.25, 0.3) is 0 Å². The van der Waals surface area contributed by atoms with Crippen molar-refractivity contribution in [3.05, 3.63) is 35.4 Å². The molecule has 3 heteroatoms. The van der Waals surface area contributed by atoms with Gasteiger partial charge in [-0.2, -0.15) is 0 Å². The number of Topliss-reactive ketones (excluding diaryl/α,β-unsaturated/α-hetero) is 1. The molecule has 0 unspecified atom stereocenters. The molecule has 1 fully saturated rings. The van der Waals surface area contributed by atoms with Crippen LogP contribution in [0.3, 0.4) is 0 Å². The first-order valence-corrected chi connectivity index (χ1v) is 5.54. The number of aryl methyl sites for hydroxylation is 1. The van der Waals surface area contributed by atoms with Gasteiger partial charge >= 0.3 is 0 Å². The number of likely N-dealkylation sites (tertiary alicyclic amines) is 1. The SMILES string of the molecule is Cc1ccc(C(=O)CN2CCCC2=O)cc1. The van der Waals surface area contributed by atoms with Crippen molar-refractivity contribution in [3.63, 3.8) is 0 Å². The fourth-order valence-electron chi connectivity index (χ4n) is 1.88. The van der Waals surface area contributed by atoms with E-state index in [0.717, 1.165) is 18.5 Å². The van der Waals surface area contributed by atoms with Crippen molar-refractivity contribution < 1.29 is 9.59 Å². The molecule has 1 amide bonds. The minimum absolute atomic E-state index is 0.0234. The second-order valence-electron chi connectivity index (χ2n) is 4.21.